The number of halogens is 1. The van der Waals surface area contributed by atoms with Crippen LogP contribution in [0.25, 0.3) is 0 Å². The molecule has 1 atom stereocenters. The second-order valence-corrected chi connectivity index (χ2v) is 8.00. The Hall–Kier alpha value is -1.33. The third-order valence-electron chi connectivity index (χ3n) is 3.96. The maximum Gasteiger partial charge on any atom is 0.243 e. The third-order valence-corrected chi connectivity index (χ3v) is 6.10. The fraction of sp³-hybridized carbons (Fsp3) is 0.333. The average molecular weight is 391 g/mol. The van der Waals surface area contributed by atoms with Crippen molar-refractivity contribution in [2.24, 2.45) is 0 Å². The van der Waals surface area contributed by atoms with Crippen molar-refractivity contribution in [3.8, 4) is 0 Å². The van der Waals surface area contributed by atoms with Crippen molar-refractivity contribution in [2.75, 3.05) is 5.32 Å². The molecule has 120 valence electrons. The number of hydrogen-bond donors (Lipinski definition) is 1. The number of pyridine rings is 1. The summed E-state index contributed by atoms with van der Waals surface area (Å²) < 4.78 is 1.02. The Bertz CT molecular complexity index is 642. The lowest BCUT2D eigenvalue weighted by atomic mass is 10.1. The predicted molar refractivity (Wildman–Crippen MR) is 99.6 cm³/mol. The van der Waals surface area contributed by atoms with Crippen LogP contribution in [0, 0.1) is 0 Å². The molecule has 1 heterocycles. The molecule has 3 rings (SSSR count). The van der Waals surface area contributed by atoms with Crippen molar-refractivity contribution in [1.82, 2.24) is 4.98 Å². The van der Waals surface area contributed by atoms with Gasteiger partial charge in [0.2, 0.25) is 5.91 Å². The Morgan fingerprint density at radius 1 is 1.17 bits per heavy atom. The summed E-state index contributed by atoms with van der Waals surface area (Å²) >= 11 is 5.24. The molecule has 1 aromatic carbocycles. The Balaban J connectivity index is 1.78. The monoisotopic (exact) mass is 390 g/mol. The number of rotatable bonds is 5. The van der Waals surface area contributed by atoms with Crippen LogP contribution in [0.5, 0.6) is 0 Å². The lowest BCUT2D eigenvalue weighted by Gasteiger charge is -2.20. The third kappa shape index (κ3) is 4.58. The van der Waals surface area contributed by atoms with Crippen molar-refractivity contribution in [3.05, 3.63) is 58.7 Å². The SMILES string of the molecule is O=C(Nc1ccccn1)C(SC1CCCC1)c1ccc(Br)cc1. The van der Waals surface area contributed by atoms with Gasteiger partial charge in [-0.05, 0) is 42.7 Å². The highest BCUT2D eigenvalue weighted by Crippen LogP contribution is 2.40. The van der Waals surface area contributed by atoms with Gasteiger partial charge in [-0.15, -0.1) is 11.8 Å². The molecule has 0 radical (unpaired) electrons. The molecule has 0 spiro atoms. The molecule has 0 bridgehead atoms. The molecule has 1 saturated carbocycles. The molecule has 1 unspecified atom stereocenters. The molecule has 0 saturated heterocycles. The van der Waals surface area contributed by atoms with Gasteiger partial charge in [0.25, 0.3) is 0 Å². The Labute approximate surface area is 149 Å². The zero-order valence-electron chi connectivity index (χ0n) is 12.7. The molecule has 0 aliphatic heterocycles. The van der Waals surface area contributed by atoms with Crippen LogP contribution in [0.1, 0.15) is 36.5 Å². The summed E-state index contributed by atoms with van der Waals surface area (Å²) in [6.07, 6.45) is 6.64. The number of anilines is 1. The van der Waals surface area contributed by atoms with Crippen molar-refractivity contribution >= 4 is 39.4 Å². The number of carbonyl (C=O) groups excluding carboxylic acids is 1. The average Bonchev–Trinajstić information content (AvgIpc) is 3.08. The van der Waals surface area contributed by atoms with Crippen molar-refractivity contribution in [1.29, 1.82) is 0 Å². The maximum absolute atomic E-state index is 12.8. The molecule has 1 aromatic heterocycles. The van der Waals surface area contributed by atoms with Crippen LogP contribution < -0.4 is 5.32 Å². The van der Waals surface area contributed by atoms with Crippen LogP contribution in [0.2, 0.25) is 0 Å². The van der Waals surface area contributed by atoms with Gasteiger partial charge in [-0.1, -0.05) is 47.0 Å². The molecule has 2 aromatic rings. The number of nitrogens with zero attached hydrogens (tertiary/aromatic N) is 1. The summed E-state index contributed by atoms with van der Waals surface area (Å²) in [6.45, 7) is 0. The van der Waals surface area contributed by atoms with Gasteiger partial charge in [-0.25, -0.2) is 4.98 Å². The molecule has 5 heteroatoms. The Kier molecular flexibility index (Phi) is 5.73. The van der Waals surface area contributed by atoms with Gasteiger partial charge in [0.05, 0.1) is 0 Å². The standard InChI is InChI=1S/C18H19BrN2OS/c19-14-10-8-13(9-11-14)17(23-15-5-1-2-6-15)18(22)21-16-7-3-4-12-20-16/h3-4,7-12,15,17H,1-2,5-6H2,(H,20,21,22). The second-order valence-electron chi connectivity index (χ2n) is 5.68. The lowest BCUT2D eigenvalue weighted by Crippen LogP contribution is -2.21. The van der Waals surface area contributed by atoms with E-state index in [-0.39, 0.29) is 11.2 Å². The van der Waals surface area contributed by atoms with Crippen molar-refractivity contribution in [3.63, 3.8) is 0 Å². The predicted octanol–water partition coefficient (Wildman–Crippen LogP) is 5.20. The first kappa shape index (κ1) is 16.5. The van der Waals surface area contributed by atoms with Gasteiger partial charge < -0.3 is 5.32 Å². The topological polar surface area (TPSA) is 42.0 Å². The molecule has 1 amide bonds. The smallest absolute Gasteiger partial charge is 0.243 e. The lowest BCUT2D eigenvalue weighted by molar-refractivity contribution is -0.115. The van der Waals surface area contributed by atoms with Crippen LogP contribution in [-0.2, 0) is 4.79 Å². The summed E-state index contributed by atoms with van der Waals surface area (Å²) in [5.74, 6) is 0.606. The highest BCUT2D eigenvalue weighted by molar-refractivity contribution is 9.10. The summed E-state index contributed by atoms with van der Waals surface area (Å²) in [5, 5.41) is 3.31. The van der Waals surface area contributed by atoms with Gasteiger partial charge >= 0.3 is 0 Å². The zero-order valence-corrected chi connectivity index (χ0v) is 15.1. The highest BCUT2D eigenvalue weighted by atomic mass is 79.9. The summed E-state index contributed by atoms with van der Waals surface area (Å²) in [5.41, 5.74) is 1.04. The van der Waals surface area contributed by atoms with E-state index in [1.165, 1.54) is 25.7 Å². The van der Waals surface area contributed by atoms with Gasteiger partial charge in [-0.2, -0.15) is 0 Å². The minimum Gasteiger partial charge on any atom is -0.309 e. The molecule has 1 aliphatic rings. The number of amides is 1. The number of thioether (sulfide) groups is 1. The van der Waals surface area contributed by atoms with Crippen molar-refractivity contribution < 1.29 is 4.79 Å². The number of aromatic nitrogens is 1. The van der Waals surface area contributed by atoms with E-state index in [1.807, 2.05) is 42.5 Å². The van der Waals surface area contributed by atoms with E-state index in [2.05, 4.69) is 26.2 Å². The van der Waals surface area contributed by atoms with Crippen LogP contribution in [-0.4, -0.2) is 16.1 Å². The van der Waals surface area contributed by atoms with Gasteiger partial charge in [-0.3, -0.25) is 4.79 Å². The first-order valence-electron chi connectivity index (χ1n) is 7.85. The fourth-order valence-electron chi connectivity index (χ4n) is 2.77. The van der Waals surface area contributed by atoms with E-state index in [0.717, 1.165) is 10.0 Å². The van der Waals surface area contributed by atoms with E-state index in [1.54, 1.807) is 18.0 Å². The van der Waals surface area contributed by atoms with Crippen molar-refractivity contribution in [2.45, 2.75) is 36.2 Å². The van der Waals surface area contributed by atoms with Gasteiger partial charge in [0.15, 0.2) is 0 Å². The molecule has 1 aliphatic carbocycles. The van der Waals surface area contributed by atoms with E-state index in [9.17, 15) is 4.79 Å². The van der Waals surface area contributed by atoms with E-state index in [4.69, 9.17) is 0 Å². The first-order chi connectivity index (χ1) is 11.2. The quantitative estimate of drug-likeness (QED) is 0.762. The minimum atomic E-state index is -0.201. The van der Waals surface area contributed by atoms with Gasteiger partial charge in [0.1, 0.15) is 11.1 Å². The first-order valence-corrected chi connectivity index (χ1v) is 9.59. The zero-order chi connectivity index (χ0) is 16.1. The summed E-state index contributed by atoms with van der Waals surface area (Å²) in [4.78, 5) is 17.0. The molecular weight excluding hydrogens is 372 g/mol. The number of carbonyl (C=O) groups is 1. The largest absolute Gasteiger partial charge is 0.309 e. The van der Waals surface area contributed by atoms with Crippen LogP contribution in [0.15, 0.2) is 53.1 Å². The van der Waals surface area contributed by atoms with Crippen LogP contribution in [0.4, 0.5) is 5.82 Å². The fourth-order valence-corrected chi connectivity index (χ4v) is 4.53. The van der Waals surface area contributed by atoms with E-state index >= 15 is 0 Å². The second kappa shape index (κ2) is 7.97. The number of benzene rings is 1. The minimum absolute atomic E-state index is 0.00271. The molecule has 3 nitrogen and oxygen atoms in total. The Morgan fingerprint density at radius 2 is 1.91 bits per heavy atom. The molecule has 23 heavy (non-hydrogen) atoms. The molecule has 1 fully saturated rings. The van der Waals surface area contributed by atoms with E-state index in [0.29, 0.717) is 11.1 Å². The van der Waals surface area contributed by atoms with Crippen LogP contribution in [0.3, 0.4) is 0 Å². The molecular formula is C18H19BrN2OS. The maximum atomic E-state index is 12.8. The summed E-state index contributed by atoms with van der Waals surface area (Å²) in [6, 6.07) is 13.6. The Morgan fingerprint density at radius 3 is 2.57 bits per heavy atom. The summed E-state index contributed by atoms with van der Waals surface area (Å²) in [7, 11) is 0. The molecule has 1 N–H and O–H groups in total. The van der Waals surface area contributed by atoms with Crippen LogP contribution >= 0.6 is 27.7 Å². The number of nitrogens with one attached hydrogen (secondary N) is 1. The number of hydrogen-bond acceptors (Lipinski definition) is 3. The van der Waals surface area contributed by atoms with E-state index < -0.39 is 0 Å². The highest BCUT2D eigenvalue weighted by Gasteiger charge is 2.27. The normalized spacial score (nSPS) is 16.2. The van der Waals surface area contributed by atoms with Gasteiger partial charge in [0, 0.05) is 15.9 Å².